The molecule has 0 bridgehead atoms. The Kier molecular flexibility index (Phi) is 7.97. The summed E-state index contributed by atoms with van der Waals surface area (Å²) in [5.41, 5.74) is 5.66. The van der Waals surface area contributed by atoms with Gasteiger partial charge < -0.3 is 15.5 Å². The van der Waals surface area contributed by atoms with Crippen molar-refractivity contribution in [3.63, 3.8) is 0 Å². The van der Waals surface area contributed by atoms with Gasteiger partial charge in [-0.2, -0.15) is 13.2 Å². The second-order valence-electron chi connectivity index (χ2n) is 11.1. The van der Waals surface area contributed by atoms with Crippen molar-refractivity contribution in [1.82, 2.24) is 14.9 Å². The SMILES string of the molecule is C[C@@H]1CC(F)c2ncnc(N3CCN(C(=O)C(CCCC(C)(C)N)c4ccc(C(F)(F)F)cc4F)CC3)c21. The van der Waals surface area contributed by atoms with Gasteiger partial charge in [0, 0.05) is 42.8 Å². The lowest BCUT2D eigenvalue weighted by Gasteiger charge is -2.38. The van der Waals surface area contributed by atoms with Crippen LogP contribution in [0.5, 0.6) is 0 Å². The Hall–Kier alpha value is -2.82. The number of hydrogen-bond acceptors (Lipinski definition) is 5. The van der Waals surface area contributed by atoms with Crippen molar-refractivity contribution in [2.45, 2.75) is 76.2 Å². The Morgan fingerprint density at radius 1 is 1.16 bits per heavy atom. The number of nitrogens with zero attached hydrogens (tertiary/aromatic N) is 4. The van der Waals surface area contributed by atoms with Gasteiger partial charge in [-0.05, 0) is 51.2 Å². The van der Waals surface area contributed by atoms with E-state index in [1.807, 2.05) is 25.7 Å². The van der Waals surface area contributed by atoms with Crippen LogP contribution in [0.3, 0.4) is 0 Å². The van der Waals surface area contributed by atoms with E-state index in [0.29, 0.717) is 63.0 Å². The molecule has 2 heterocycles. The van der Waals surface area contributed by atoms with Crippen molar-refractivity contribution in [3.8, 4) is 0 Å². The van der Waals surface area contributed by atoms with Crippen LogP contribution < -0.4 is 10.6 Å². The average molecular weight is 540 g/mol. The minimum atomic E-state index is -4.68. The molecule has 4 rings (SSSR count). The Morgan fingerprint density at radius 3 is 2.45 bits per heavy atom. The highest BCUT2D eigenvalue weighted by atomic mass is 19.4. The predicted molar refractivity (Wildman–Crippen MR) is 134 cm³/mol. The third-order valence-corrected chi connectivity index (χ3v) is 7.45. The molecule has 0 saturated carbocycles. The molecule has 1 saturated heterocycles. The van der Waals surface area contributed by atoms with Crippen LogP contribution in [0.4, 0.5) is 27.8 Å². The van der Waals surface area contributed by atoms with E-state index in [1.54, 1.807) is 4.90 Å². The predicted octanol–water partition coefficient (Wildman–Crippen LogP) is 5.49. The number of anilines is 1. The molecule has 6 nitrogen and oxygen atoms in total. The van der Waals surface area contributed by atoms with Gasteiger partial charge in [-0.25, -0.2) is 18.7 Å². The second-order valence-corrected chi connectivity index (χ2v) is 11.1. The molecule has 38 heavy (non-hydrogen) atoms. The quantitative estimate of drug-likeness (QED) is 0.471. The summed E-state index contributed by atoms with van der Waals surface area (Å²) in [6, 6.07) is 2.34. The number of amides is 1. The van der Waals surface area contributed by atoms with Gasteiger partial charge >= 0.3 is 6.18 Å². The molecule has 1 aromatic carbocycles. The molecule has 3 atom stereocenters. The zero-order valence-electron chi connectivity index (χ0n) is 21.9. The van der Waals surface area contributed by atoms with Gasteiger partial charge in [-0.1, -0.05) is 19.4 Å². The molecule has 0 radical (unpaired) electrons. The smallest absolute Gasteiger partial charge is 0.353 e. The number of benzene rings is 1. The first-order valence-electron chi connectivity index (χ1n) is 12.9. The lowest BCUT2D eigenvalue weighted by atomic mass is 9.88. The lowest BCUT2D eigenvalue weighted by molar-refractivity contribution is -0.137. The zero-order valence-corrected chi connectivity index (χ0v) is 21.9. The maximum Gasteiger partial charge on any atom is 0.416 e. The normalized spacial score (nSPS) is 21.0. The van der Waals surface area contributed by atoms with Gasteiger partial charge in [0.15, 0.2) is 0 Å². The maximum atomic E-state index is 14.9. The lowest BCUT2D eigenvalue weighted by Crippen LogP contribution is -2.50. The molecular formula is C27H34F5N5O. The van der Waals surface area contributed by atoms with E-state index < -0.39 is 35.2 Å². The van der Waals surface area contributed by atoms with E-state index in [0.717, 1.165) is 17.7 Å². The second kappa shape index (κ2) is 10.7. The van der Waals surface area contributed by atoms with Crippen molar-refractivity contribution < 1.29 is 26.7 Å². The highest BCUT2D eigenvalue weighted by molar-refractivity contribution is 5.84. The molecule has 208 valence electrons. The van der Waals surface area contributed by atoms with Crippen LogP contribution >= 0.6 is 0 Å². The zero-order chi connectivity index (χ0) is 27.8. The van der Waals surface area contributed by atoms with Crippen molar-refractivity contribution in [2.75, 3.05) is 31.1 Å². The van der Waals surface area contributed by atoms with Gasteiger partial charge in [-0.15, -0.1) is 0 Å². The molecule has 2 aliphatic rings. The molecule has 2 N–H and O–H groups in total. The molecule has 2 aromatic rings. The number of piperazine rings is 1. The van der Waals surface area contributed by atoms with Crippen molar-refractivity contribution in [2.24, 2.45) is 5.73 Å². The van der Waals surface area contributed by atoms with E-state index in [-0.39, 0.29) is 23.8 Å². The van der Waals surface area contributed by atoms with Gasteiger partial charge in [0.1, 0.15) is 24.1 Å². The molecule has 1 amide bonds. The highest BCUT2D eigenvalue weighted by Gasteiger charge is 2.37. The van der Waals surface area contributed by atoms with E-state index >= 15 is 0 Å². The summed E-state index contributed by atoms with van der Waals surface area (Å²) in [6.45, 7) is 7.16. The Balaban J connectivity index is 1.52. The number of aromatic nitrogens is 2. The van der Waals surface area contributed by atoms with Crippen LogP contribution in [0.1, 0.15) is 86.8 Å². The van der Waals surface area contributed by atoms with Gasteiger partial charge in [-0.3, -0.25) is 4.79 Å². The molecular weight excluding hydrogens is 505 g/mol. The Morgan fingerprint density at radius 2 is 1.84 bits per heavy atom. The van der Waals surface area contributed by atoms with Crippen LogP contribution in [0.2, 0.25) is 0 Å². The fraction of sp³-hybridized carbons (Fsp3) is 0.593. The van der Waals surface area contributed by atoms with Crippen LogP contribution in [0.15, 0.2) is 24.5 Å². The monoisotopic (exact) mass is 539 g/mol. The first-order valence-corrected chi connectivity index (χ1v) is 12.9. The summed E-state index contributed by atoms with van der Waals surface area (Å²) in [6.07, 6.45) is -2.74. The molecule has 11 heteroatoms. The molecule has 1 aliphatic heterocycles. The summed E-state index contributed by atoms with van der Waals surface area (Å²) in [7, 11) is 0. The molecule has 1 fully saturated rings. The minimum Gasteiger partial charge on any atom is -0.353 e. The number of hydrogen-bond donors (Lipinski definition) is 1. The van der Waals surface area contributed by atoms with Gasteiger partial charge in [0.2, 0.25) is 5.91 Å². The molecule has 1 aromatic heterocycles. The first-order chi connectivity index (χ1) is 17.8. The van der Waals surface area contributed by atoms with Crippen LogP contribution in [0.25, 0.3) is 0 Å². The fourth-order valence-electron chi connectivity index (χ4n) is 5.43. The number of carbonyl (C=O) groups is 1. The standard InChI is InChI=1S/C27H34F5N5O/c1-16-13-21(29)23-22(16)24(35-15-34-23)36-9-11-37(12-10-36)25(38)19(5-4-8-26(2,3)33)18-7-6-17(14-20(18)28)27(30,31)32/h6-7,14-16,19,21H,4-5,8-13,33H2,1-3H3/t16-,19?,21?/m1/s1. The summed E-state index contributed by atoms with van der Waals surface area (Å²) in [5.74, 6) is -1.65. The Bertz CT molecular complexity index is 1160. The van der Waals surface area contributed by atoms with Gasteiger partial charge in [0.05, 0.1) is 17.2 Å². The summed E-state index contributed by atoms with van der Waals surface area (Å²) in [5, 5.41) is 0. The number of nitrogens with two attached hydrogens (primary N) is 1. The third-order valence-electron chi connectivity index (χ3n) is 7.45. The first kappa shape index (κ1) is 28.2. The molecule has 2 unspecified atom stereocenters. The van der Waals surface area contributed by atoms with Crippen LogP contribution in [-0.4, -0.2) is 52.5 Å². The number of halogens is 5. The van der Waals surface area contributed by atoms with E-state index in [4.69, 9.17) is 5.73 Å². The third kappa shape index (κ3) is 6.08. The Labute approximate surface area is 219 Å². The van der Waals surface area contributed by atoms with E-state index in [1.165, 1.54) is 6.33 Å². The largest absolute Gasteiger partial charge is 0.416 e. The summed E-state index contributed by atoms with van der Waals surface area (Å²) in [4.78, 5) is 25.8. The van der Waals surface area contributed by atoms with Crippen LogP contribution in [0, 0.1) is 5.82 Å². The van der Waals surface area contributed by atoms with E-state index in [9.17, 15) is 26.7 Å². The van der Waals surface area contributed by atoms with Gasteiger partial charge in [0.25, 0.3) is 0 Å². The molecule has 0 spiro atoms. The average Bonchev–Trinajstić information content (AvgIpc) is 3.14. The van der Waals surface area contributed by atoms with Crippen molar-refractivity contribution >= 4 is 11.7 Å². The van der Waals surface area contributed by atoms with E-state index in [2.05, 4.69) is 9.97 Å². The fourth-order valence-corrected chi connectivity index (χ4v) is 5.43. The summed E-state index contributed by atoms with van der Waals surface area (Å²) < 4.78 is 68.6. The number of carbonyl (C=O) groups excluding carboxylic acids is 1. The highest BCUT2D eigenvalue weighted by Crippen LogP contribution is 2.44. The molecule has 1 aliphatic carbocycles. The summed E-state index contributed by atoms with van der Waals surface area (Å²) >= 11 is 0. The van der Waals surface area contributed by atoms with Crippen molar-refractivity contribution in [1.29, 1.82) is 0 Å². The van der Waals surface area contributed by atoms with Crippen molar-refractivity contribution in [3.05, 3.63) is 52.7 Å². The number of fused-ring (bicyclic) bond motifs is 1. The number of alkyl halides is 4. The van der Waals surface area contributed by atoms with Crippen LogP contribution in [-0.2, 0) is 11.0 Å². The minimum absolute atomic E-state index is 0.0188. The maximum absolute atomic E-state index is 14.9. The topological polar surface area (TPSA) is 75.4 Å². The number of rotatable bonds is 7.